The van der Waals surface area contributed by atoms with Crippen molar-refractivity contribution in [2.24, 2.45) is 0 Å². The topological polar surface area (TPSA) is 52.6 Å². The maximum atomic E-state index is 11.2. The van der Waals surface area contributed by atoms with Gasteiger partial charge < -0.3 is 8.85 Å². The molecule has 0 spiro atoms. The molecule has 0 bridgehead atoms. The van der Waals surface area contributed by atoms with Crippen LogP contribution in [0.2, 0.25) is 0 Å². The number of hydrogen-bond donors (Lipinski definition) is 0. The minimum Gasteiger partial charge on any atom is -0.518 e. The van der Waals surface area contributed by atoms with Gasteiger partial charge in [-0.05, 0) is 27.7 Å². The molecule has 0 N–H and O–H groups in total. The van der Waals surface area contributed by atoms with Crippen molar-refractivity contribution >= 4 is 31.5 Å². The number of carbonyl (C=O) groups is 2. The molecular formula is C12H20O4Si2. The highest BCUT2D eigenvalue weighted by molar-refractivity contribution is 6.38. The zero-order chi connectivity index (χ0) is 14.0. The molecule has 0 radical (unpaired) electrons. The molecule has 0 saturated heterocycles. The van der Waals surface area contributed by atoms with E-state index in [2.05, 4.69) is 0 Å². The highest BCUT2D eigenvalue weighted by Crippen LogP contribution is 1.90. The van der Waals surface area contributed by atoms with Crippen molar-refractivity contribution in [1.29, 1.82) is 0 Å². The molecule has 0 saturated carbocycles. The zero-order valence-corrected chi connectivity index (χ0v) is 14.2. The first kappa shape index (κ1) is 16.6. The highest BCUT2D eigenvalue weighted by atomic mass is 28.2. The second-order valence-electron chi connectivity index (χ2n) is 4.16. The largest absolute Gasteiger partial charge is 0.518 e. The molecule has 0 aliphatic rings. The minimum absolute atomic E-state index is 0.486. The third-order valence-electron chi connectivity index (χ3n) is 1.79. The van der Waals surface area contributed by atoms with Gasteiger partial charge >= 0.3 is 11.9 Å². The maximum absolute atomic E-state index is 11.2. The van der Waals surface area contributed by atoms with Gasteiger partial charge in [0.2, 0.25) is 19.5 Å². The van der Waals surface area contributed by atoms with Gasteiger partial charge in [-0.25, -0.2) is 9.59 Å². The number of carbonyl (C=O) groups excluding carboxylic acids is 2. The van der Waals surface area contributed by atoms with Gasteiger partial charge in [-0.15, -0.1) is 0 Å². The van der Waals surface area contributed by atoms with E-state index in [0.29, 0.717) is 0 Å². The fourth-order valence-electron chi connectivity index (χ4n) is 0.813. The monoisotopic (exact) mass is 284 g/mol. The van der Waals surface area contributed by atoms with Crippen molar-refractivity contribution in [3.05, 3.63) is 34.7 Å². The van der Waals surface area contributed by atoms with Gasteiger partial charge in [0.05, 0.1) is 0 Å². The van der Waals surface area contributed by atoms with Crippen LogP contribution in [0.5, 0.6) is 0 Å². The van der Waals surface area contributed by atoms with Crippen molar-refractivity contribution in [2.75, 3.05) is 0 Å². The fourth-order valence-corrected chi connectivity index (χ4v) is 2.17. The Labute approximate surface area is 113 Å². The van der Waals surface area contributed by atoms with E-state index in [0.717, 1.165) is 23.3 Å². The third-order valence-corrected chi connectivity index (χ3v) is 4.66. The van der Waals surface area contributed by atoms with E-state index in [1.165, 1.54) is 0 Å². The van der Waals surface area contributed by atoms with Crippen LogP contribution in [0.25, 0.3) is 0 Å². The predicted molar refractivity (Wildman–Crippen MR) is 77.3 cm³/mol. The maximum Gasteiger partial charge on any atom is 0.317 e. The number of allylic oxidation sites excluding steroid dienone is 2. The minimum atomic E-state index is -0.971. The first-order chi connectivity index (χ1) is 8.41. The molecule has 0 rings (SSSR count). The molecule has 6 heteroatoms. The average molecular weight is 284 g/mol. The van der Waals surface area contributed by atoms with Crippen molar-refractivity contribution in [3.63, 3.8) is 0 Å². The third kappa shape index (κ3) is 11.1. The van der Waals surface area contributed by atoms with Gasteiger partial charge in [-0.3, -0.25) is 0 Å². The molecule has 0 atom stereocenters. The summed E-state index contributed by atoms with van der Waals surface area (Å²) in [6.07, 6.45) is 2.23. The molecule has 0 aromatic carbocycles. The summed E-state index contributed by atoms with van der Waals surface area (Å²) < 4.78 is 9.95. The molecular weight excluding hydrogens is 264 g/mol. The number of hydrogen-bond acceptors (Lipinski definition) is 4. The van der Waals surface area contributed by atoms with Crippen LogP contribution in [-0.4, -0.2) is 31.5 Å². The van der Waals surface area contributed by atoms with E-state index >= 15 is 0 Å². The Morgan fingerprint density at radius 2 is 1.11 bits per heavy atom. The van der Waals surface area contributed by atoms with E-state index in [4.69, 9.17) is 8.85 Å². The molecule has 100 valence electrons. The van der Waals surface area contributed by atoms with E-state index in [1.54, 1.807) is 0 Å². The summed E-state index contributed by atoms with van der Waals surface area (Å²) in [5.74, 6) is -0.972. The van der Waals surface area contributed by atoms with Crippen molar-refractivity contribution < 1.29 is 18.4 Å². The Hall–Kier alpha value is -1.41. The van der Waals surface area contributed by atoms with Gasteiger partial charge in [-0.1, -0.05) is 22.5 Å². The van der Waals surface area contributed by atoms with Crippen molar-refractivity contribution in [1.82, 2.24) is 0 Å². The molecule has 0 unspecified atom stereocenters. The summed E-state index contributed by atoms with van der Waals surface area (Å²) >= 11 is 0. The second kappa shape index (κ2) is 9.61. The lowest BCUT2D eigenvalue weighted by Gasteiger charge is -1.99. The van der Waals surface area contributed by atoms with Crippen LogP contribution < -0.4 is 0 Å². The van der Waals surface area contributed by atoms with Gasteiger partial charge in [-0.2, -0.15) is 0 Å². The Morgan fingerprint density at radius 3 is 1.39 bits per heavy atom. The van der Waals surface area contributed by atoms with Crippen molar-refractivity contribution in [3.8, 4) is 0 Å². The zero-order valence-electron chi connectivity index (χ0n) is 11.4. The SMILES string of the molecule is CC(C)=C[SiH2]OC(=O)/C=C\C(=O)O[SiH2]C=C(C)C. The Morgan fingerprint density at radius 1 is 0.778 bits per heavy atom. The standard InChI is InChI=1S/C12H20O4Si2/c1-9(2)7-17-15-11(13)5-6-12(14)16-18-8-10(3)4/h5-8H,17-18H2,1-4H3/b6-5-. The predicted octanol–water partition coefficient (Wildman–Crippen LogP) is 0.644. The molecule has 0 aliphatic carbocycles. The Bertz CT molecular complexity index is 340. The summed E-state index contributed by atoms with van der Waals surface area (Å²) in [6.45, 7) is 7.79. The lowest BCUT2D eigenvalue weighted by atomic mass is 10.4. The summed E-state index contributed by atoms with van der Waals surface area (Å²) in [4.78, 5) is 22.4. The fraction of sp³-hybridized carbons (Fsp3) is 0.333. The van der Waals surface area contributed by atoms with E-state index in [1.807, 2.05) is 39.1 Å². The van der Waals surface area contributed by atoms with Crippen LogP contribution in [0.3, 0.4) is 0 Å². The molecule has 0 aromatic rings. The van der Waals surface area contributed by atoms with Gasteiger partial charge in [0, 0.05) is 12.2 Å². The first-order valence-corrected chi connectivity index (χ1v) is 8.49. The molecule has 18 heavy (non-hydrogen) atoms. The quantitative estimate of drug-likeness (QED) is 0.531. The second-order valence-corrected chi connectivity index (χ2v) is 6.22. The summed E-state index contributed by atoms with van der Waals surface area (Å²) in [6, 6.07) is 0. The van der Waals surface area contributed by atoms with Crippen LogP contribution >= 0.6 is 0 Å². The van der Waals surface area contributed by atoms with Crippen LogP contribution in [0.1, 0.15) is 27.7 Å². The first-order valence-electron chi connectivity index (χ1n) is 5.70. The summed E-state index contributed by atoms with van der Waals surface area (Å²) in [7, 11) is -1.94. The van der Waals surface area contributed by atoms with E-state index in [9.17, 15) is 9.59 Å². The molecule has 0 heterocycles. The highest BCUT2D eigenvalue weighted by Gasteiger charge is 1.99. The van der Waals surface area contributed by atoms with Crippen LogP contribution in [0.15, 0.2) is 34.7 Å². The average Bonchev–Trinajstić information content (AvgIpc) is 2.25. The van der Waals surface area contributed by atoms with E-state index in [-0.39, 0.29) is 0 Å². The van der Waals surface area contributed by atoms with Crippen molar-refractivity contribution in [2.45, 2.75) is 27.7 Å². The van der Waals surface area contributed by atoms with Crippen LogP contribution in [0, 0.1) is 0 Å². The number of rotatable bonds is 6. The molecule has 0 fully saturated rings. The van der Waals surface area contributed by atoms with Crippen LogP contribution in [0.4, 0.5) is 0 Å². The lowest BCUT2D eigenvalue weighted by Crippen LogP contribution is -2.07. The van der Waals surface area contributed by atoms with Gasteiger partial charge in [0.25, 0.3) is 0 Å². The Kier molecular flexibility index (Phi) is 8.86. The molecule has 4 nitrogen and oxygen atoms in total. The van der Waals surface area contributed by atoms with Crippen LogP contribution in [-0.2, 0) is 18.4 Å². The summed E-state index contributed by atoms with van der Waals surface area (Å²) in [5, 5.41) is 0. The van der Waals surface area contributed by atoms with E-state index < -0.39 is 31.5 Å². The normalized spacial score (nSPS) is 11.1. The Balaban J connectivity index is 3.92. The molecule has 0 amide bonds. The smallest absolute Gasteiger partial charge is 0.317 e. The lowest BCUT2D eigenvalue weighted by molar-refractivity contribution is -0.131. The van der Waals surface area contributed by atoms with Gasteiger partial charge in [0.1, 0.15) is 0 Å². The summed E-state index contributed by atoms with van der Waals surface area (Å²) in [5.41, 5.74) is 6.11. The van der Waals surface area contributed by atoms with Gasteiger partial charge in [0.15, 0.2) is 0 Å². The molecule has 0 aliphatic heterocycles. The molecule has 0 aromatic heterocycles.